The van der Waals surface area contributed by atoms with Crippen LogP contribution in [0.15, 0.2) is 44.8 Å². The average Bonchev–Trinajstić information content (AvgIpc) is 2.47. The van der Waals surface area contributed by atoms with Crippen LogP contribution in [-0.2, 0) is 0 Å². The molecule has 0 radical (unpaired) electrons. The van der Waals surface area contributed by atoms with Crippen molar-refractivity contribution in [1.29, 1.82) is 0 Å². The minimum atomic E-state index is 0.768. The summed E-state index contributed by atoms with van der Waals surface area (Å²) >= 11 is 7.61. The second kappa shape index (κ2) is 5.61. The van der Waals surface area contributed by atoms with Gasteiger partial charge in [0.15, 0.2) is 0 Å². The van der Waals surface area contributed by atoms with Crippen LogP contribution in [0.2, 0.25) is 5.02 Å². The molecule has 4 heteroatoms. The van der Waals surface area contributed by atoms with Crippen LogP contribution >= 0.6 is 23.4 Å². The SMILES string of the molecule is CC1=NCCNC(C)=C1Sc1ccc(Cl)cc1. The summed E-state index contributed by atoms with van der Waals surface area (Å²) in [6.07, 6.45) is 0. The number of rotatable bonds is 2. The lowest BCUT2D eigenvalue weighted by Crippen LogP contribution is -2.14. The molecule has 2 nitrogen and oxygen atoms in total. The van der Waals surface area contributed by atoms with E-state index >= 15 is 0 Å². The number of nitrogens with one attached hydrogen (secondary N) is 1. The maximum Gasteiger partial charge on any atom is 0.0565 e. The van der Waals surface area contributed by atoms with E-state index in [1.165, 1.54) is 15.5 Å². The highest BCUT2D eigenvalue weighted by Gasteiger charge is 2.11. The average molecular weight is 267 g/mol. The van der Waals surface area contributed by atoms with E-state index in [1.807, 2.05) is 24.3 Å². The summed E-state index contributed by atoms with van der Waals surface area (Å²) in [7, 11) is 0. The highest BCUT2D eigenvalue weighted by atomic mass is 35.5. The highest BCUT2D eigenvalue weighted by molar-refractivity contribution is 8.04. The Morgan fingerprint density at radius 1 is 1.24 bits per heavy atom. The lowest BCUT2D eigenvalue weighted by Gasteiger charge is -2.10. The minimum Gasteiger partial charge on any atom is -0.386 e. The third kappa shape index (κ3) is 3.27. The predicted octanol–water partition coefficient (Wildman–Crippen LogP) is 3.73. The molecule has 0 saturated heterocycles. The largest absolute Gasteiger partial charge is 0.386 e. The lowest BCUT2D eigenvalue weighted by molar-refractivity contribution is 0.808. The summed E-state index contributed by atoms with van der Waals surface area (Å²) in [5.41, 5.74) is 2.30. The summed E-state index contributed by atoms with van der Waals surface area (Å²) < 4.78 is 0. The normalized spacial score (nSPS) is 16.3. The van der Waals surface area contributed by atoms with E-state index in [0.717, 1.165) is 23.8 Å². The fourth-order valence-corrected chi connectivity index (χ4v) is 2.73. The summed E-state index contributed by atoms with van der Waals surface area (Å²) in [6.45, 7) is 5.92. The van der Waals surface area contributed by atoms with E-state index < -0.39 is 0 Å². The fraction of sp³-hybridized carbons (Fsp3) is 0.308. The smallest absolute Gasteiger partial charge is 0.0565 e. The maximum absolute atomic E-state index is 5.88. The first-order valence-corrected chi connectivity index (χ1v) is 6.76. The second-order valence-electron chi connectivity index (χ2n) is 3.90. The molecule has 0 aliphatic carbocycles. The molecule has 1 aliphatic rings. The van der Waals surface area contributed by atoms with Crippen molar-refractivity contribution in [2.75, 3.05) is 13.1 Å². The van der Waals surface area contributed by atoms with E-state index in [9.17, 15) is 0 Å². The van der Waals surface area contributed by atoms with E-state index in [1.54, 1.807) is 11.8 Å². The van der Waals surface area contributed by atoms with Gasteiger partial charge in [-0.3, -0.25) is 4.99 Å². The van der Waals surface area contributed by atoms with Crippen molar-refractivity contribution < 1.29 is 0 Å². The van der Waals surface area contributed by atoms with Gasteiger partial charge < -0.3 is 5.32 Å². The third-order valence-electron chi connectivity index (χ3n) is 2.55. The molecule has 0 saturated carbocycles. The van der Waals surface area contributed by atoms with E-state index in [0.29, 0.717) is 0 Å². The lowest BCUT2D eigenvalue weighted by atomic mass is 10.3. The number of thioether (sulfide) groups is 1. The van der Waals surface area contributed by atoms with Crippen molar-refractivity contribution in [3.63, 3.8) is 0 Å². The van der Waals surface area contributed by atoms with Gasteiger partial charge >= 0.3 is 0 Å². The molecule has 0 bridgehead atoms. The van der Waals surface area contributed by atoms with Crippen molar-refractivity contribution in [2.24, 2.45) is 4.99 Å². The number of nitrogens with zero attached hydrogens (tertiary/aromatic N) is 1. The van der Waals surface area contributed by atoms with Crippen LogP contribution in [0, 0.1) is 0 Å². The minimum absolute atomic E-state index is 0.768. The summed E-state index contributed by atoms with van der Waals surface area (Å²) in [4.78, 5) is 6.91. The van der Waals surface area contributed by atoms with Gasteiger partial charge in [-0.2, -0.15) is 0 Å². The molecule has 1 aromatic rings. The standard InChI is InChI=1S/C13H15ClN2S/c1-9-13(10(2)16-8-7-15-9)17-12-5-3-11(14)4-6-12/h3-6,15H,7-8H2,1-2H3. The number of aliphatic imine (C=N–C) groups is 1. The predicted molar refractivity (Wildman–Crippen MR) is 76.0 cm³/mol. The van der Waals surface area contributed by atoms with Crippen molar-refractivity contribution in [3.8, 4) is 0 Å². The monoisotopic (exact) mass is 266 g/mol. The first-order valence-electron chi connectivity index (χ1n) is 5.56. The molecular weight excluding hydrogens is 252 g/mol. The maximum atomic E-state index is 5.88. The molecule has 0 atom stereocenters. The molecule has 2 rings (SSSR count). The van der Waals surface area contributed by atoms with E-state index in [2.05, 4.69) is 24.2 Å². The first kappa shape index (κ1) is 12.5. The third-order valence-corrected chi connectivity index (χ3v) is 4.12. The summed E-state index contributed by atoms with van der Waals surface area (Å²) in [5, 5.41) is 4.14. The Labute approximate surface area is 111 Å². The Bertz CT molecular complexity index is 463. The Morgan fingerprint density at radius 2 is 1.94 bits per heavy atom. The molecule has 1 N–H and O–H groups in total. The van der Waals surface area contributed by atoms with Gasteiger partial charge in [0, 0.05) is 27.9 Å². The molecule has 0 unspecified atom stereocenters. The van der Waals surface area contributed by atoms with Crippen molar-refractivity contribution in [1.82, 2.24) is 5.32 Å². The molecule has 17 heavy (non-hydrogen) atoms. The zero-order valence-corrected chi connectivity index (χ0v) is 11.5. The van der Waals surface area contributed by atoms with Crippen molar-refractivity contribution >= 4 is 29.1 Å². The van der Waals surface area contributed by atoms with Gasteiger partial charge in [0.1, 0.15) is 0 Å². The van der Waals surface area contributed by atoms with Crippen molar-refractivity contribution in [2.45, 2.75) is 18.7 Å². The van der Waals surface area contributed by atoms with E-state index in [4.69, 9.17) is 11.6 Å². The summed E-state index contributed by atoms with van der Waals surface area (Å²) in [5.74, 6) is 0. The van der Waals surface area contributed by atoms with Crippen LogP contribution in [0.25, 0.3) is 0 Å². The zero-order valence-electron chi connectivity index (χ0n) is 9.96. The number of hydrogen-bond donors (Lipinski definition) is 1. The molecule has 1 aromatic carbocycles. The van der Waals surface area contributed by atoms with Gasteiger partial charge in [-0.25, -0.2) is 0 Å². The molecule has 1 aliphatic heterocycles. The summed E-state index contributed by atoms with van der Waals surface area (Å²) in [6, 6.07) is 7.89. The van der Waals surface area contributed by atoms with Gasteiger partial charge in [0.05, 0.1) is 11.4 Å². The topological polar surface area (TPSA) is 24.4 Å². The van der Waals surface area contributed by atoms with Crippen LogP contribution in [0.1, 0.15) is 13.8 Å². The Kier molecular flexibility index (Phi) is 4.13. The van der Waals surface area contributed by atoms with Crippen LogP contribution in [0.5, 0.6) is 0 Å². The quantitative estimate of drug-likeness (QED) is 0.882. The van der Waals surface area contributed by atoms with Gasteiger partial charge in [-0.05, 0) is 38.1 Å². The zero-order chi connectivity index (χ0) is 12.3. The van der Waals surface area contributed by atoms with Crippen LogP contribution in [-0.4, -0.2) is 18.8 Å². The Balaban J connectivity index is 2.24. The van der Waals surface area contributed by atoms with Gasteiger partial charge in [0.2, 0.25) is 0 Å². The van der Waals surface area contributed by atoms with Crippen LogP contribution < -0.4 is 5.32 Å². The van der Waals surface area contributed by atoms with Crippen LogP contribution in [0.3, 0.4) is 0 Å². The molecular formula is C13H15ClN2S. The molecule has 0 fully saturated rings. The number of hydrogen-bond acceptors (Lipinski definition) is 3. The van der Waals surface area contributed by atoms with Crippen LogP contribution in [0.4, 0.5) is 0 Å². The molecule has 0 spiro atoms. The first-order chi connectivity index (χ1) is 8.16. The highest BCUT2D eigenvalue weighted by Crippen LogP contribution is 2.30. The Hall–Kier alpha value is -0.930. The molecule has 0 amide bonds. The molecule has 0 aromatic heterocycles. The van der Waals surface area contributed by atoms with Gasteiger partial charge in [-0.15, -0.1) is 0 Å². The molecule has 90 valence electrons. The number of benzene rings is 1. The number of allylic oxidation sites excluding steroid dienone is 2. The van der Waals surface area contributed by atoms with Gasteiger partial charge in [0.25, 0.3) is 0 Å². The van der Waals surface area contributed by atoms with Crippen molar-refractivity contribution in [3.05, 3.63) is 39.9 Å². The fourth-order valence-electron chi connectivity index (χ4n) is 1.66. The Morgan fingerprint density at radius 3 is 2.65 bits per heavy atom. The number of halogens is 1. The van der Waals surface area contributed by atoms with E-state index in [-0.39, 0.29) is 0 Å². The second-order valence-corrected chi connectivity index (χ2v) is 5.42. The molecule has 1 heterocycles. The van der Waals surface area contributed by atoms with Gasteiger partial charge in [-0.1, -0.05) is 23.4 Å².